The smallest absolute Gasteiger partial charge is 0.335 e. The lowest BCUT2D eigenvalue weighted by Crippen LogP contribution is -2.38. The third kappa shape index (κ3) is 3.50. The molecule has 1 aliphatic heterocycles. The van der Waals surface area contributed by atoms with Gasteiger partial charge in [0, 0.05) is 0 Å². The Morgan fingerprint density at radius 1 is 1.16 bits per heavy atom. The molecule has 0 fully saturated rings. The second-order valence-electron chi connectivity index (χ2n) is 7.20. The van der Waals surface area contributed by atoms with Crippen molar-refractivity contribution in [3.05, 3.63) is 59.2 Å². The van der Waals surface area contributed by atoms with Crippen LogP contribution in [0.5, 0.6) is 5.75 Å². The summed E-state index contributed by atoms with van der Waals surface area (Å²) in [4.78, 5) is 25.1. The summed E-state index contributed by atoms with van der Waals surface area (Å²) in [5, 5.41) is 9.19. The van der Waals surface area contributed by atoms with Crippen LogP contribution in [-0.4, -0.2) is 23.6 Å². The van der Waals surface area contributed by atoms with E-state index in [0.29, 0.717) is 18.0 Å². The van der Waals surface area contributed by atoms with E-state index in [9.17, 15) is 14.7 Å². The molecular formula is C20H21NO4. The summed E-state index contributed by atoms with van der Waals surface area (Å²) < 4.78 is 5.42. The van der Waals surface area contributed by atoms with Gasteiger partial charge in [-0.2, -0.15) is 0 Å². The lowest BCUT2D eigenvalue weighted by molar-refractivity contribution is -0.121. The summed E-state index contributed by atoms with van der Waals surface area (Å²) in [7, 11) is 0. The van der Waals surface area contributed by atoms with Crippen LogP contribution in [0.4, 0.5) is 5.69 Å². The number of carboxylic acids is 1. The zero-order valence-corrected chi connectivity index (χ0v) is 14.6. The molecule has 0 saturated heterocycles. The number of carbonyl (C=O) groups is 2. The van der Waals surface area contributed by atoms with E-state index in [0.717, 1.165) is 5.56 Å². The Balaban J connectivity index is 1.91. The van der Waals surface area contributed by atoms with Gasteiger partial charge in [0.2, 0.25) is 0 Å². The molecule has 2 aromatic carbocycles. The third-order valence-electron chi connectivity index (χ3n) is 4.31. The van der Waals surface area contributed by atoms with Gasteiger partial charge in [0.05, 0.1) is 17.8 Å². The van der Waals surface area contributed by atoms with E-state index >= 15 is 0 Å². The predicted octanol–water partition coefficient (Wildman–Crippen LogP) is 3.61. The number of hydrogen-bond acceptors (Lipinski definition) is 3. The lowest BCUT2D eigenvalue weighted by atomic mass is 9.87. The lowest BCUT2D eigenvalue weighted by Gasteiger charge is -2.30. The summed E-state index contributed by atoms with van der Waals surface area (Å²) in [6, 6.07) is 12.7. The van der Waals surface area contributed by atoms with Crippen molar-refractivity contribution in [2.45, 2.75) is 32.7 Å². The number of carboxylic acid groups (broad SMARTS) is 1. The maximum absolute atomic E-state index is 12.3. The number of benzene rings is 2. The first-order valence-corrected chi connectivity index (χ1v) is 8.15. The highest BCUT2D eigenvalue weighted by Crippen LogP contribution is 2.34. The van der Waals surface area contributed by atoms with Crippen molar-refractivity contribution in [3.63, 3.8) is 0 Å². The van der Waals surface area contributed by atoms with Crippen LogP contribution in [0, 0.1) is 0 Å². The second kappa shape index (κ2) is 6.24. The molecule has 25 heavy (non-hydrogen) atoms. The molecule has 1 heterocycles. The molecule has 1 amide bonds. The van der Waals surface area contributed by atoms with Crippen molar-refractivity contribution in [2.75, 3.05) is 11.5 Å². The highest BCUT2D eigenvalue weighted by Gasteiger charge is 2.27. The van der Waals surface area contributed by atoms with E-state index in [2.05, 4.69) is 32.9 Å². The van der Waals surface area contributed by atoms with Crippen LogP contribution in [0.15, 0.2) is 42.5 Å². The van der Waals surface area contributed by atoms with Gasteiger partial charge in [0.1, 0.15) is 5.75 Å². The molecule has 0 radical (unpaired) electrons. The second-order valence-corrected chi connectivity index (χ2v) is 7.20. The zero-order chi connectivity index (χ0) is 18.2. The molecule has 0 aliphatic carbocycles. The van der Waals surface area contributed by atoms with Gasteiger partial charge in [0.25, 0.3) is 5.91 Å². The summed E-state index contributed by atoms with van der Waals surface area (Å²) in [5.74, 6) is -0.693. The summed E-state index contributed by atoms with van der Waals surface area (Å²) in [6.07, 6.45) is 0. The van der Waals surface area contributed by atoms with E-state index in [1.165, 1.54) is 17.7 Å². The van der Waals surface area contributed by atoms with Gasteiger partial charge in [-0.05, 0) is 34.7 Å². The van der Waals surface area contributed by atoms with Crippen LogP contribution in [0.1, 0.15) is 42.3 Å². The standard InChI is InChI=1S/C20H21NO4/c1-20(2,3)15-7-4-13(5-8-15)11-21-16-10-14(19(23)24)6-9-17(16)25-12-18(21)22/h4-10H,11-12H2,1-3H3,(H,23,24). The quantitative estimate of drug-likeness (QED) is 0.928. The fraction of sp³-hybridized carbons (Fsp3) is 0.300. The Hall–Kier alpha value is -2.82. The SMILES string of the molecule is CC(C)(C)c1ccc(CN2C(=O)COc3ccc(C(=O)O)cc32)cc1. The molecule has 130 valence electrons. The topological polar surface area (TPSA) is 66.8 Å². The van der Waals surface area contributed by atoms with Gasteiger partial charge >= 0.3 is 5.97 Å². The maximum atomic E-state index is 12.3. The molecule has 0 bridgehead atoms. The number of carbonyl (C=O) groups excluding carboxylic acids is 1. The molecule has 0 spiro atoms. The minimum Gasteiger partial charge on any atom is -0.482 e. The van der Waals surface area contributed by atoms with Crippen molar-refractivity contribution in [1.29, 1.82) is 0 Å². The Labute approximate surface area is 146 Å². The number of fused-ring (bicyclic) bond motifs is 1. The minimum atomic E-state index is -1.03. The largest absolute Gasteiger partial charge is 0.482 e. The number of ether oxygens (including phenoxy) is 1. The Kier molecular flexibility index (Phi) is 4.25. The van der Waals surface area contributed by atoms with Crippen LogP contribution in [0.25, 0.3) is 0 Å². The van der Waals surface area contributed by atoms with Crippen LogP contribution in [0.2, 0.25) is 0 Å². The van der Waals surface area contributed by atoms with Crippen LogP contribution < -0.4 is 9.64 Å². The summed E-state index contributed by atoms with van der Waals surface area (Å²) >= 11 is 0. The van der Waals surface area contributed by atoms with Gasteiger partial charge in [-0.25, -0.2) is 4.79 Å². The normalized spacial score (nSPS) is 14.0. The van der Waals surface area contributed by atoms with Gasteiger partial charge < -0.3 is 14.7 Å². The fourth-order valence-corrected chi connectivity index (χ4v) is 2.80. The number of rotatable bonds is 3. The minimum absolute atomic E-state index is 0.0422. The number of aromatic carboxylic acids is 1. The summed E-state index contributed by atoms with van der Waals surface area (Å²) in [5.41, 5.74) is 2.89. The Morgan fingerprint density at radius 3 is 2.44 bits per heavy atom. The van der Waals surface area contributed by atoms with E-state index in [1.807, 2.05) is 12.1 Å². The van der Waals surface area contributed by atoms with E-state index in [1.54, 1.807) is 11.0 Å². The Morgan fingerprint density at radius 2 is 1.84 bits per heavy atom. The van der Waals surface area contributed by atoms with Crippen molar-refractivity contribution in [3.8, 4) is 5.75 Å². The molecular weight excluding hydrogens is 318 g/mol. The molecule has 1 N–H and O–H groups in total. The molecule has 2 aromatic rings. The first kappa shape index (κ1) is 17.0. The molecule has 0 saturated carbocycles. The highest BCUT2D eigenvalue weighted by atomic mass is 16.5. The van der Waals surface area contributed by atoms with Crippen LogP contribution >= 0.6 is 0 Å². The number of hydrogen-bond donors (Lipinski definition) is 1. The molecule has 3 rings (SSSR count). The van der Waals surface area contributed by atoms with Gasteiger partial charge in [-0.3, -0.25) is 4.79 Å². The monoisotopic (exact) mass is 339 g/mol. The van der Waals surface area contributed by atoms with E-state index in [4.69, 9.17) is 4.74 Å². The number of nitrogens with zero attached hydrogens (tertiary/aromatic N) is 1. The van der Waals surface area contributed by atoms with E-state index in [-0.39, 0.29) is 23.5 Å². The number of amides is 1. The maximum Gasteiger partial charge on any atom is 0.335 e. The Bertz CT molecular complexity index is 819. The molecule has 5 heteroatoms. The third-order valence-corrected chi connectivity index (χ3v) is 4.31. The van der Waals surface area contributed by atoms with Gasteiger partial charge in [-0.15, -0.1) is 0 Å². The van der Waals surface area contributed by atoms with Crippen molar-refractivity contribution < 1.29 is 19.4 Å². The number of anilines is 1. The molecule has 0 unspecified atom stereocenters. The van der Waals surface area contributed by atoms with Gasteiger partial charge in [0.15, 0.2) is 6.61 Å². The van der Waals surface area contributed by atoms with Crippen molar-refractivity contribution in [2.24, 2.45) is 0 Å². The summed E-state index contributed by atoms with van der Waals surface area (Å²) in [6.45, 7) is 6.79. The predicted molar refractivity (Wildman–Crippen MR) is 95.2 cm³/mol. The van der Waals surface area contributed by atoms with Crippen LogP contribution in [-0.2, 0) is 16.8 Å². The van der Waals surface area contributed by atoms with Crippen LogP contribution in [0.3, 0.4) is 0 Å². The average molecular weight is 339 g/mol. The van der Waals surface area contributed by atoms with Crippen molar-refractivity contribution in [1.82, 2.24) is 0 Å². The molecule has 5 nitrogen and oxygen atoms in total. The highest BCUT2D eigenvalue weighted by molar-refractivity contribution is 5.99. The average Bonchev–Trinajstić information content (AvgIpc) is 2.56. The van der Waals surface area contributed by atoms with Gasteiger partial charge in [-0.1, -0.05) is 45.0 Å². The van der Waals surface area contributed by atoms with E-state index < -0.39 is 5.97 Å². The first-order chi connectivity index (χ1) is 11.8. The first-order valence-electron chi connectivity index (χ1n) is 8.15. The fourth-order valence-electron chi connectivity index (χ4n) is 2.80. The molecule has 1 aliphatic rings. The molecule has 0 atom stereocenters. The zero-order valence-electron chi connectivity index (χ0n) is 14.6. The molecule has 0 aromatic heterocycles. The van der Waals surface area contributed by atoms with Crippen molar-refractivity contribution >= 4 is 17.6 Å².